The molecule has 0 bridgehead atoms. The maximum atomic E-state index is 5.77. The summed E-state index contributed by atoms with van der Waals surface area (Å²) in [5, 5.41) is 3.38. The lowest BCUT2D eigenvalue weighted by Crippen LogP contribution is -2.28. The summed E-state index contributed by atoms with van der Waals surface area (Å²) in [5.41, 5.74) is 3.70. The number of hydrogen-bond acceptors (Lipinski definition) is 4. The van der Waals surface area contributed by atoms with E-state index in [-0.39, 0.29) is 0 Å². The molecule has 1 fully saturated rings. The van der Waals surface area contributed by atoms with Crippen LogP contribution in [0.15, 0.2) is 0 Å². The van der Waals surface area contributed by atoms with E-state index in [0.717, 1.165) is 50.5 Å². The van der Waals surface area contributed by atoms with Crippen molar-refractivity contribution < 1.29 is 4.74 Å². The number of ether oxygens (including phenoxy) is 1. The maximum Gasteiger partial charge on any atom is 0.131 e. The van der Waals surface area contributed by atoms with Gasteiger partial charge in [-0.25, -0.2) is 9.97 Å². The molecular formula is C14H21N3O. The van der Waals surface area contributed by atoms with Crippen molar-refractivity contribution in [3.05, 3.63) is 22.8 Å². The van der Waals surface area contributed by atoms with Gasteiger partial charge >= 0.3 is 0 Å². The van der Waals surface area contributed by atoms with Gasteiger partial charge in [0, 0.05) is 25.3 Å². The quantitative estimate of drug-likeness (QED) is 0.861. The summed E-state index contributed by atoms with van der Waals surface area (Å²) in [6, 6.07) is 0. The molecule has 4 nitrogen and oxygen atoms in total. The highest BCUT2D eigenvalue weighted by molar-refractivity contribution is 5.27. The number of nitrogens with one attached hydrogen (secondary N) is 1. The van der Waals surface area contributed by atoms with Gasteiger partial charge in [0.05, 0.1) is 11.8 Å². The normalized spacial score (nSPS) is 23.7. The monoisotopic (exact) mass is 247 g/mol. The Labute approximate surface area is 108 Å². The van der Waals surface area contributed by atoms with Gasteiger partial charge in [-0.2, -0.15) is 0 Å². The molecule has 0 spiro atoms. The van der Waals surface area contributed by atoms with Gasteiger partial charge in [0.15, 0.2) is 0 Å². The molecule has 98 valence electrons. The molecule has 3 heterocycles. The molecule has 4 heteroatoms. The number of aryl methyl sites for hydroxylation is 1. The van der Waals surface area contributed by atoms with Crippen LogP contribution in [0, 0.1) is 6.92 Å². The van der Waals surface area contributed by atoms with E-state index in [0.29, 0.717) is 6.10 Å². The topological polar surface area (TPSA) is 47.0 Å². The minimum Gasteiger partial charge on any atom is -0.378 e. The molecule has 1 N–H and O–H groups in total. The van der Waals surface area contributed by atoms with E-state index in [2.05, 4.69) is 17.2 Å². The summed E-state index contributed by atoms with van der Waals surface area (Å²) >= 11 is 0. The van der Waals surface area contributed by atoms with Gasteiger partial charge in [-0.05, 0) is 44.7 Å². The highest BCUT2D eigenvalue weighted by Gasteiger charge is 2.19. The summed E-state index contributed by atoms with van der Waals surface area (Å²) in [6.45, 7) is 4.94. The molecule has 0 aliphatic carbocycles. The maximum absolute atomic E-state index is 5.77. The minimum absolute atomic E-state index is 0.327. The summed E-state index contributed by atoms with van der Waals surface area (Å²) in [4.78, 5) is 9.38. The zero-order chi connectivity index (χ0) is 12.4. The second-order valence-corrected chi connectivity index (χ2v) is 5.27. The van der Waals surface area contributed by atoms with Crippen molar-refractivity contribution in [3.8, 4) is 0 Å². The number of nitrogens with zero attached hydrogens (tertiary/aromatic N) is 2. The van der Waals surface area contributed by atoms with Crippen LogP contribution in [0.2, 0.25) is 0 Å². The Morgan fingerprint density at radius 2 is 2.28 bits per heavy atom. The first kappa shape index (κ1) is 12.1. The first-order chi connectivity index (χ1) is 8.83. The van der Waals surface area contributed by atoms with Crippen LogP contribution < -0.4 is 5.32 Å². The van der Waals surface area contributed by atoms with E-state index < -0.39 is 0 Å². The van der Waals surface area contributed by atoms with Gasteiger partial charge in [-0.3, -0.25) is 0 Å². The number of hydrogen-bond donors (Lipinski definition) is 1. The van der Waals surface area contributed by atoms with Gasteiger partial charge in [0.1, 0.15) is 5.82 Å². The standard InChI is InChI=1S/C14H21N3O/c1-10-12-5-6-15-9-13(12)17-14(16-10)8-11-4-2-3-7-18-11/h11,15H,2-9H2,1H3. The van der Waals surface area contributed by atoms with Gasteiger partial charge < -0.3 is 10.1 Å². The third kappa shape index (κ3) is 2.54. The smallest absolute Gasteiger partial charge is 0.131 e. The Hall–Kier alpha value is -1.00. The van der Waals surface area contributed by atoms with Crippen LogP contribution in [-0.4, -0.2) is 29.2 Å². The Morgan fingerprint density at radius 1 is 1.33 bits per heavy atom. The fraction of sp³-hybridized carbons (Fsp3) is 0.714. The summed E-state index contributed by atoms with van der Waals surface area (Å²) in [6.07, 6.45) is 5.88. The molecule has 3 rings (SSSR count). The van der Waals surface area contributed by atoms with Gasteiger partial charge in [0.25, 0.3) is 0 Å². The van der Waals surface area contributed by atoms with E-state index >= 15 is 0 Å². The van der Waals surface area contributed by atoms with E-state index in [1.165, 1.54) is 24.1 Å². The predicted octanol–water partition coefficient (Wildman–Crippen LogP) is 1.54. The van der Waals surface area contributed by atoms with Crippen molar-refractivity contribution in [1.82, 2.24) is 15.3 Å². The highest BCUT2D eigenvalue weighted by Crippen LogP contribution is 2.19. The number of aromatic nitrogens is 2. The van der Waals surface area contributed by atoms with Gasteiger partial charge in [0.2, 0.25) is 0 Å². The van der Waals surface area contributed by atoms with Crippen molar-refractivity contribution >= 4 is 0 Å². The lowest BCUT2D eigenvalue weighted by molar-refractivity contribution is 0.0156. The Kier molecular flexibility index (Phi) is 3.57. The molecule has 1 atom stereocenters. The van der Waals surface area contributed by atoms with Gasteiger partial charge in [-0.1, -0.05) is 0 Å². The molecule has 1 aromatic rings. The van der Waals surface area contributed by atoms with Crippen molar-refractivity contribution in [2.75, 3.05) is 13.2 Å². The molecule has 2 aliphatic heterocycles. The fourth-order valence-electron chi connectivity index (χ4n) is 2.87. The lowest BCUT2D eigenvalue weighted by atomic mass is 10.0. The molecule has 18 heavy (non-hydrogen) atoms. The highest BCUT2D eigenvalue weighted by atomic mass is 16.5. The van der Waals surface area contributed by atoms with Crippen molar-refractivity contribution in [2.24, 2.45) is 0 Å². The molecule has 0 amide bonds. The summed E-state index contributed by atoms with van der Waals surface area (Å²) in [5.74, 6) is 0.960. The zero-order valence-electron chi connectivity index (χ0n) is 11.0. The first-order valence-corrected chi connectivity index (χ1v) is 7.00. The van der Waals surface area contributed by atoms with Crippen LogP contribution in [0.5, 0.6) is 0 Å². The molecule has 2 aliphatic rings. The third-order valence-electron chi connectivity index (χ3n) is 3.87. The number of fused-ring (bicyclic) bond motifs is 1. The van der Waals surface area contributed by atoms with E-state index in [4.69, 9.17) is 9.72 Å². The van der Waals surface area contributed by atoms with Crippen LogP contribution in [0.1, 0.15) is 42.0 Å². The molecule has 0 saturated carbocycles. The van der Waals surface area contributed by atoms with Crippen LogP contribution in [0.3, 0.4) is 0 Å². The average molecular weight is 247 g/mol. The SMILES string of the molecule is Cc1nc(CC2CCCCO2)nc2c1CCNC2. The first-order valence-electron chi connectivity index (χ1n) is 7.00. The zero-order valence-corrected chi connectivity index (χ0v) is 11.0. The molecule has 1 aromatic heterocycles. The second kappa shape index (κ2) is 5.33. The molecule has 0 radical (unpaired) electrons. The Morgan fingerprint density at radius 3 is 3.11 bits per heavy atom. The van der Waals surface area contributed by atoms with E-state index in [1.807, 2.05) is 0 Å². The summed E-state index contributed by atoms with van der Waals surface area (Å²) < 4.78 is 5.77. The molecule has 1 unspecified atom stereocenters. The van der Waals surface area contributed by atoms with E-state index in [1.54, 1.807) is 0 Å². The molecule has 0 aromatic carbocycles. The Bertz CT molecular complexity index is 427. The third-order valence-corrected chi connectivity index (χ3v) is 3.87. The minimum atomic E-state index is 0.327. The number of rotatable bonds is 2. The van der Waals surface area contributed by atoms with Crippen molar-refractivity contribution in [2.45, 2.75) is 51.7 Å². The van der Waals surface area contributed by atoms with Gasteiger partial charge in [-0.15, -0.1) is 0 Å². The van der Waals surface area contributed by atoms with E-state index in [9.17, 15) is 0 Å². The van der Waals surface area contributed by atoms with Crippen LogP contribution in [-0.2, 0) is 24.1 Å². The van der Waals surface area contributed by atoms with Crippen molar-refractivity contribution in [1.29, 1.82) is 0 Å². The molecular weight excluding hydrogens is 226 g/mol. The van der Waals surface area contributed by atoms with Crippen LogP contribution in [0.25, 0.3) is 0 Å². The van der Waals surface area contributed by atoms with Crippen LogP contribution >= 0.6 is 0 Å². The fourth-order valence-corrected chi connectivity index (χ4v) is 2.87. The van der Waals surface area contributed by atoms with Crippen LogP contribution in [0.4, 0.5) is 0 Å². The molecule has 1 saturated heterocycles. The second-order valence-electron chi connectivity index (χ2n) is 5.27. The largest absolute Gasteiger partial charge is 0.378 e. The lowest BCUT2D eigenvalue weighted by Gasteiger charge is -2.23. The predicted molar refractivity (Wildman–Crippen MR) is 69.5 cm³/mol. The van der Waals surface area contributed by atoms with Crippen molar-refractivity contribution in [3.63, 3.8) is 0 Å². The Balaban J connectivity index is 1.77. The summed E-state index contributed by atoms with van der Waals surface area (Å²) in [7, 11) is 0. The average Bonchev–Trinajstić information content (AvgIpc) is 2.40.